The summed E-state index contributed by atoms with van der Waals surface area (Å²) in [6.45, 7) is 6.99. The van der Waals surface area contributed by atoms with Gasteiger partial charge < -0.3 is 15.2 Å². The molecule has 1 aromatic heterocycles. The highest BCUT2D eigenvalue weighted by Gasteiger charge is 2.38. The van der Waals surface area contributed by atoms with Gasteiger partial charge in [0.2, 0.25) is 11.8 Å². The van der Waals surface area contributed by atoms with Crippen molar-refractivity contribution >= 4 is 5.91 Å². The molecule has 0 spiro atoms. The second kappa shape index (κ2) is 7.83. The minimum atomic E-state index is 0.139. The van der Waals surface area contributed by atoms with Gasteiger partial charge in [0.15, 0.2) is 5.82 Å². The lowest BCUT2D eigenvalue weighted by Crippen LogP contribution is -2.40. The number of likely N-dealkylation sites (N-methyl/N-ethyl adjacent to an activating group) is 1. The van der Waals surface area contributed by atoms with E-state index in [-0.39, 0.29) is 11.8 Å². The van der Waals surface area contributed by atoms with E-state index in [2.05, 4.69) is 22.1 Å². The number of carbonyl (C=O) groups is 1. The van der Waals surface area contributed by atoms with E-state index in [4.69, 9.17) is 10.3 Å². The van der Waals surface area contributed by atoms with Gasteiger partial charge in [-0.05, 0) is 38.8 Å². The highest BCUT2D eigenvalue weighted by molar-refractivity contribution is 5.79. The fourth-order valence-corrected chi connectivity index (χ4v) is 4.10. The number of nitrogens with two attached hydrogens (primary N) is 1. The van der Waals surface area contributed by atoms with Crippen LogP contribution in [0.4, 0.5) is 0 Å². The van der Waals surface area contributed by atoms with Gasteiger partial charge >= 0.3 is 0 Å². The summed E-state index contributed by atoms with van der Waals surface area (Å²) < 4.78 is 5.28. The van der Waals surface area contributed by atoms with Crippen molar-refractivity contribution in [1.82, 2.24) is 19.9 Å². The van der Waals surface area contributed by atoms with Gasteiger partial charge in [0, 0.05) is 31.0 Å². The normalized spacial score (nSPS) is 27.0. The maximum atomic E-state index is 12.8. The molecular formula is C18H31N5O2. The molecule has 2 fully saturated rings. The van der Waals surface area contributed by atoms with E-state index in [1.54, 1.807) is 0 Å². The zero-order valence-electron chi connectivity index (χ0n) is 15.6. The van der Waals surface area contributed by atoms with Crippen LogP contribution in [0.2, 0.25) is 0 Å². The summed E-state index contributed by atoms with van der Waals surface area (Å²) in [6.07, 6.45) is 4.22. The molecule has 1 saturated heterocycles. The van der Waals surface area contributed by atoms with E-state index in [0.717, 1.165) is 44.6 Å². The molecule has 140 valence electrons. The van der Waals surface area contributed by atoms with Crippen molar-refractivity contribution in [2.45, 2.75) is 58.0 Å². The Morgan fingerprint density at radius 2 is 2.20 bits per heavy atom. The summed E-state index contributed by atoms with van der Waals surface area (Å²) in [4.78, 5) is 21.5. The molecule has 0 bridgehead atoms. The molecule has 1 aromatic rings. The lowest BCUT2D eigenvalue weighted by molar-refractivity contribution is -0.135. The molecule has 3 atom stereocenters. The smallest absolute Gasteiger partial charge is 0.229 e. The van der Waals surface area contributed by atoms with Gasteiger partial charge in [-0.3, -0.25) is 9.69 Å². The number of amides is 1. The molecule has 1 aliphatic heterocycles. The summed E-state index contributed by atoms with van der Waals surface area (Å²) >= 11 is 0. The fourth-order valence-electron chi connectivity index (χ4n) is 4.10. The monoisotopic (exact) mass is 349 g/mol. The Hall–Kier alpha value is -1.47. The number of hydrogen-bond donors (Lipinski definition) is 1. The van der Waals surface area contributed by atoms with Gasteiger partial charge in [0.05, 0.1) is 6.54 Å². The van der Waals surface area contributed by atoms with Crippen LogP contribution in [-0.2, 0) is 11.3 Å². The summed E-state index contributed by atoms with van der Waals surface area (Å²) in [5, 5.41) is 4.06. The first-order chi connectivity index (χ1) is 12.0. The average molecular weight is 349 g/mol. The summed E-state index contributed by atoms with van der Waals surface area (Å²) in [7, 11) is 2.07. The Morgan fingerprint density at radius 3 is 2.88 bits per heavy atom. The Labute approximate surface area is 149 Å². The fraction of sp³-hybridized carbons (Fsp3) is 0.833. The van der Waals surface area contributed by atoms with Crippen LogP contribution >= 0.6 is 0 Å². The number of aromatic nitrogens is 2. The standard InChI is InChI=1S/C18H31N5O2/c1-12(2)17-20-16(21-25-17)11-22(3)14-7-8-23(10-14)18(24)15-6-4-5-13(15)9-19/h12-15H,4-11,19H2,1-3H3/t13-,14?,15-/m1/s1. The molecule has 0 aromatic carbocycles. The van der Waals surface area contributed by atoms with Crippen LogP contribution in [0.15, 0.2) is 4.52 Å². The first kappa shape index (κ1) is 18.3. The topological polar surface area (TPSA) is 88.5 Å². The molecule has 3 rings (SSSR count). The van der Waals surface area contributed by atoms with Crippen molar-refractivity contribution in [3.05, 3.63) is 11.7 Å². The molecule has 1 aliphatic carbocycles. The van der Waals surface area contributed by atoms with Crippen molar-refractivity contribution in [3.8, 4) is 0 Å². The van der Waals surface area contributed by atoms with Gasteiger partial charge in [-0.2, -0.15) is 4.98 Å². The lowest BCUT2D eigenvalue weighted by Gasteiger charge is -2.26. The summed E-state index contributed by atoms with van der Waals surface area (Å²) in [5.74, 6) is 2.46. The van der Waals surface area contributed by atoms with E-state index in [0.29, 0.717) is 36.8 Å². The minimum absolute atomic E-state index is 0.139. The second-order valence-corrected chi connectivity index (χ2v) is 7.88. The number of likely N-dealkylation sites (tertiary alicyclic amines) is 1. The number of hydrogen-bond acceptors (Lipinski definition) is 6. The molecular weight excluding hydrogens is 318 g/mol. The Balaban J connectivity index is 1.53. The van der Waals surface area contributed by atoms with Gasteiger partial charge in [0.1, 0.15) is 0 Å². The molecule has 7 nitrogen and oxygen atoms in total. The van der Waals surface area contributed by atoms with E-state index in [1.807, 2.05) is 18.7 Å². The lowest BCUT2D eigenvalue weighted by atomic mass is 9.95. The van der Waals surface area contributed by atoms with E-state index >= 15 is 0 Å². The van der Waals surface area contributed by atoms with Crippen molar-refractivity contribution < 1.29 is 9.32 Å². The van der Waals surface area contributed by atoms with Gasteiger partial charge in [0.25, 0.3) is 0 Å². The molecule has 25 heavy (non-hydrogen) atoms. The number of nitrogens with zero attached hydrogens (tertiary/aromatic N) is 4. The zero-order chi connectivity index (χ0) is 18.0. The zero-order valence-corrected chi connectivity index (χ0v) is 15.6. The molecule has 7 heteroatoms. The summed E-state index contributed by atoms with van der Waals surface area (Å²) in [6, 6.07) is 0.350. The average Bonchev–Trinajstić information content (AvgIpc) is 3.33. The third-order valence-electron chi connectivity index (χ3n) is 5.75. The van der Waals surface area contributed by atoms with Crippen LogP contribution < -0.4 is 5.73 Å². The predicted octanol–water partition coefficient (Wildman–Crippen LogP) is 1.60. The number of rotatable bonds is 6. The van der Waals surface area contributed by atoms with Gasteiger partial charge in [-0.25, -0.2) is 0 Å². The molecule has 2 heterocycles. The highest BCUT2D eigenvalue weighted by atomic mass is 16.5. The molecule has 2 aliphatic rings. The predicted molar refractivity (Wildman–Crippen MR) is 94.7 cm³/mol. The van der Waals surface area contributed by atoms with Gasteiger partial charge in [-0.1, -0.05) is 25.4 Å². The van der Waals surface area contributed by atoms with Crippen LogP contribution in [-0.4, -0.2) is 58.6 Å². The Morgan fingerprint density at radius 1 is 1.40 bits per heavy atom. The van der Waals surface area contributed by atoms with Crippen LogP contribution in [0, 0.1) is 11.8 Å². The molecule has 0 radical (unpaired) electrons. The van der Waals surface area contributed by atoms with E-state index in [9.17, 15) is 4.79 Å². The first-order valence-electron chi connectivity index (χ1n) is 9.51. The third-order valence-corrected chi connectivity index (χ3v) is 5.75. The first-order valence-corrected chi connectivity index (χ1v) is 9.51. The van der Waals surface area contributed by atoms with Crippen molar-refractivity contribution in [1.29, 1.82) is 0 Å². The number of carbonyl (C=O) groups excluding carboxylic acids is 1. The van der Waals surface area contributed by atoms with Crippen LogP contribution in [0.1, 0.15) is 57.2 Å². The second-order valence-electron chi connectivity index (χ2n) is 7.88. The van der Waals surface area contributed by atoms with Gasteiger partial charge in [-0.15, -0.1) is 0 Å². The Bertz CT molecular complexity index is 588. The maximum Gasteiger partial charge on any atom is 0.229 e. The quantitative estimate of drug-likeness (QED) is 0.839. The highest BCUT2D eigenvalue weighted by Crippen LogP contribution is 2.33. The van der Waals surface area contributed by atoms with Crippen LogP contribution in [0.25, 0.3) is 0 Å². The molecule has 1 saturated carbocycles. The van der Waals surface area contributed by atoms with Crippen molar-refractivity contribution in [3.63, 3.8) is 0 Å². The van der Waals surface area contributed by atoms with E-state index in [1.165, 1.54) is 0 Å². The largest absolute Gasteiger partial charge is 0.341 e. The van der Waals surface area contributed by atoms with Crippen LogP contribution in [0.3, 0.4) is 0 Å². The minimum Gasteiger partial charge on any atom is -0.341 e. The van der Waals surface area contributed by atoms with E-state index < -0.39 is 0 Å². The van der Waals surface area contributed by atoms with Crippen molar-refractivity contribution in [2.75, 3.05) is 26.7 Å². The molecule has 1 amide bonds. The Kier molecular flexibility index (Phi) is 5.74. The maximum absolute atomic E-state index is 12.8. The van der Waals surface area contributed by atoms with Crippen molar-refractivity contribution in [2.24, 2.45) is 17.6 Å². The molecule has 2 N–H and O–H groups in total. The SMILES string of the molecule is CC(C)c1nc(CN(C)C2CCN(C(=O)[C@@H]3CCC[C@@H]3CN)C2)no1. The molecule has 1 unspecified atom stereocenters. The summed E-state index contributed by atoms with van der Waals surface area (Å²) in [5.41, 5.74) is 5.84. The third kappa shape index (κ3) is 4.03. The van der Waals surface area contributed by atoms with Crippen LogP contribution in [0.5, 0.6) is 0 Å².